The van der Waals surface area contributed by atoms with Crippen LogP contribution in [0.15, 0.2) is 60.0 Å². The topological polar surface area (TPSA) is 8.88 Å². The molecule has 2 N–H and O–H groups in total. The van der Waals surface area contributed by atoms with Crippen molar-refractivity contribution in [2.75, 3.05) is 26.2 Å². The van der Waals surface area contributed by atoms with E-state index in [1.54, 1.807) is 20.9 Å². The van der Waals surface area contributed by atoms with E-state index in [4.69, 9.17) is 0 Å². The van der Waals surface area contributed by atoms with E-state index in [1.807, 2.05) is 0 Å². The molecule has 0 saturated carbocycles. The number of quaternary nitrogens is 2. The van der Waals surface area contributed by atoms with Crippen molar-refractivity contribution in [2.24, 2.45) is 0 Å². The number of allylic oxidation sites excluding steroid dienone is 6. The van der Waals surface area contributed by atoms with Gasteiger partial charge in [-0.15, -0.1) is 0 Å². The van der Waals surface area contributed by atoms with E-state index in [2.05, 4.69) is 48.9 Å². The van der Waals surface area contributed by atoms with Crippen LogP contribution in [-0.4, -0.2) is 26.2 Å². The van der Waals surface area contributed by atoms with Crippen LogP contribution in [0.4, 0.5) is 0 Å². The van der Waals surface area contributed by atoms with E-state index in [9.17, 15) is 0 Å². The molecule has 2 nitrogen and oxygen atoms in total. The third-order valence-electron chi connectivity index (χ3n) is 9.09. The zero-order chi connectivity index (χ0) is 27.1. The largest absolute Gasteiger partial charge is 0.305 e. The molecular weight excluding hydrogens is 472 g/mol. The average molecular weight is 537 g/mol. The van der Waals surface area contributed by atoms with Gasteiger partial charge in [-0.25, -0.2) is 0 Å². The molecule has 3 aliphatic heterocycles. The predicted molar refractivity (Wildman–Crippen MR) is 171 cm³/mol. The van der Waals surface area contributed by atoms with Crippen molar-refractivity contribution in [3.8, 4) is 0 Å². The molecule has 0 aromatic heterocycles. The van der Waals surface area contributed by atoms with E-state index in [0.717, 1.165) is 0 Å². The second kappa shape index (κ2) is 22.3. The Morgan fingerprint density at radius 1 is 0.487 bits per heavy atom. The summed E-state index contributed by atoms with van der Waals surface area (Å²) in [6.45, 7) is 5.09. The van der Waals surface area contributed by atoms with Gasteiger partial charge in [0, 0.05) is 5.57 Å². The highest BCUT2D eigenvalue weighted by Crippen LogP contribution is 2.15. The molecule has 0 aliphatic carbocycles. The summed E-state index contributed by atoms with van der Waals surface area (Å²) in [5, 5.41) is 0. The molecule has 3 rings (SSSR count). The van der Waals surface area contributed by atoms with Crippen molar-refractivity contribution in [3.05, 3.63) is 60.0 Å². The summed E-state index contributed by atoms with van der Waals surface area (Å²) < 4.78 is 0. The van der Waals surface area contributed by atoms with Crippen LogP contribution in [0.5, 0.6) is 0 Å². The lowest BCUT2D eigenvalue weighted by Crippen LogP contribution is -3.08. The van der Waals surface area contributed by atoms with Gasteiger partial charge in [0.05, 0.1) is 25.5 Å². The molecule has 0 saturated heterocycles. The van der Waals surface area contributed by atoms with E-state index in [-0.39, 0.29) is 0 Å². The molecule has 0 aromatic rings. The summed E-state index contributed by atoms with van der Waals surface area (Å²) in [7, 11) is 0. The van der Waals surface area contributed by atoms with Crippen molar-refractivity contribution < 1.29 is 9.80 Å². The first-order valence-electron chi connectivity index (χ1n) is 17.5. The third kappa shape index (κ3) is 16.5. The molecule has 0 radical (unpaired) electrons. The van der Waals surface area contributed by atoms with Gasteiger partial charge in [0.1, 0.15) is 13.1 Å². The predicted octanol–water partition coefficient (Wildman–Crippen LogP) is 8.21. The summed E-state index contributed by atoms with van der Waals surface area (Å²) >= 11 is 0. The highest BCUT2D eigenvalue weighted by Gasteiger charge is 2.12. The van der Waals surface area contributed by atoms with Crippen molar-refractivity contribution in [3.63, 3.8) is 0 Å². The van der Waals surface area contributed by atoms with Crippen LogP contribution in [0.1, 0.15) is 148 Å². The standard InChI is InChI=1S/C37H62N2/c1-2-6-10-14-18-22-30-38-32-25-29-37(35-38)27-21-17-13-9-5-3-7-11-15-19-23-31-39-33-24-28-36(34-39)26-20-16-12-8-4-1/h1-2,24-25,28-29,33,35H,3-23,26-27,30-32,34H2/p+2. The SMILES string of the molecule is C1=C[NH+]2CCCCCCCCCCCCCC3=C[NH+](CC=C3)CCCCCCC=CCCCCCCC(=C1)C2. The molecular formula is C37H64N2+2. The van der Waals surface area contributed by atoms with Gasteiger partial charge in [-0.1, -0.05) is 94.9 Å². The normalized spacial score (nSPS) is 27.3. The van der Waals surface area contributed by atoms with Gasteiger partial charge in [-0.05, 0) is 94.8 Å². The van der Waals surface area contributed by atoms with Crippen LogP contribution in [0.25, 0.3) is 0 Å². The monoisotopic (exact) mass is 537 g/mol. The van der Waals surface area contributed by atoms with Gasteiger partial charge in [-0.2, -0.15) is 0 Å². The van der Waals surface area contributed by atoms with Gasteiger partial charge in [0.25, 0.3) is 0 Å². The number of fused-ring (bicyclic) bond motifs is 3. The van der Waals surface area contributed by atoms with E-state index < -0.39 is 0 Å². The fraction of sp³-hybridized carbons (Fsp3) is 0.730. The van der Waals surface area contributed by atoms with Crippen molar-refractivity contribution in [2.45, 2.75) is 148 Å². The average Bonchev–Trinajstić information content (AvgIpc) is 2.95. The maximum absolute atomic E-state index is 2.55. The Morgan fingerprint density at radius 3 is 1.69 bits per heavy atom. The van der Waals surface area contributed by atoms with Crippen molar-refractivity contribution >= 4 is 0 Å². The molecule has 4 bridgehead atoms. The first-order chi connectivity index (χ1) is 19.4. The lowest BCUT2D eigenvalue weighted by molar-refractivity contribution is -0.842. The molecule has 0 fully saturated rings. The zero-order valence-electron chi connectivity index (χ0n) is 25.7. The molecule has 0 aromatic carbocycles. The summed E-state index contributed by atoms with van der Waals surface area (Å²) in [5.41, 5.74) is 3.28. The Hall–Kier alpha value is -1.38. The Bertz CT molecular complexity index is 755. The number of hydrogen-bond acceptors (Lipinski definition) is 0. The smallest absolute Gasteiger partial charge is 0.103 e. The first kappa shape index (κ1) is 32.1. The van der Waals surface area contributed by atoms with E-state index >= 15 is 0 Å². The molecule has 0 amide bonds. The van der Waals surface area contributed by atoms with Crippen LogP contribution in [0.3, 0.4) is 0 Å². The van der Waals surface area contributed by atoms with Crippen LogP contribution in [0, 0.1) is 0 Å². The fourth-order valence-corrected chi connectivity index (χ4v) is 6.58. The molecule has 39 heavy (non-hydrogen) atoms. The summed E-state index contributed by atoms with van der Waals surface area (Å²) in [6.07, 6.45) is 51.4. The minimum absolute atomic E-state index is 1.20. The minimum Gasteiger partial charge on any atom is -0.305 e. The first-order valence-corrected chi connectivity index (χ1v) is 17.5. The second-order valence-electron chi connectivity index (χ2n) is 12.8. The number of hydrogen-bond donors (Lipinski definition) is 2. The lowest BCUT2D eigenvalue weighted by atomic mass is 10.0. The molecule has 2 atom stereocenters. The highest BCUT2D eigenvalue weighted by atomic mass is 15.1. The van der Waals surface area contributed by atoms with Gasteiger partial charge in [0.2, 0.25) is 0 Å². The summed E-state index contributed by atoms with van der Waals surface area (Å²) in [4.78, 5) is 3.37. The Morgan fingerprint density at radius 2 is 1.03 bits per heavy atom. The van der Waals surface area contributed by atoms with Crippen molar-refractivity contribution in [1.82, 2.24) is 0 Å². The minimum atomic E-state index is 1.20. The summed E-state index contributed by atoms with van der Waals surface area (Å²) in [5.74, 6) is 0. The van der Waals surface area contributed by atoms with Crippen LogP contribution in [-0.2, 0) is 0 Å². The molecule has 2 heteroatoms. The molecule has 2 unspecified atom stereocenters. The van der Waals surface area contributed by atoms with Crippen molar-refractivity contribution in [1.29, 1.82) is 0 Å². The lowest BCUT2D eigenvalue weighted by Gasteiger charge is -2.19. The Balaban J connectivity index is 1.31. The van der Waals surface area contributed by atoms with Crippen LogP contribution >= 0.6 is 0 Å². The molecule has 3 aliphatic rings. The Labute approximate surface area is 243 Å². The third-order valence-corrected chi connectivity index (χ3v) is 9.09. The van der Waals surface area contributed by atoms with Gasteiger partial charge in [0.15, 0.2) is 0 Å². The van der Waals surface area contributed by atoms with Gasteiger partial charge >= 0.3 is 0 Å². The maximum atomic E-state index is 2.55. The quantitative estimate of drug-likeness (QED) is 0.289. The highest BCUT2D eigenvalue weighted by molar-refractivity contribution is 5.18. The molecule has 0 spiro atoms. The van der Waals surface area contributed by atoms with E-state index in [0.29, 0.717) is 0 Å². The fourth-order valence-electron chi connectivity index (χ4n) is 6.58. The Kier molecular flexibility index (Phi) is 18.4. The number of rotatable bonds is 0. The number of nitrogens with one attached hydrogen (secondary N) is 2. The maximum Gasteiger partial charge on any atom is 0.103 e. The summed E-state index contributed by atoms with van der Waals surface area (Å²) in [6, 6.07) is 0. The second-order valence-corrected chi connectivity index (χ2v) is 12.8. The van der Waals surface area contributed by atoms with Crippen LogP contribution in [0.2, 0.25) is 0 Å². The zero-order valence-corrected chi connectivity index (χ0v) is 25.7. The molecule has 220 valence electrons. The van der Waals surface area contributed by atoms with Gasteiger partial charge in [-0.3, -0.25) is 0 Å². The van der Waals surface area contributed by atoms with E-state index in [1.165, 1.54) is 174 Å². The van der Waals surface area contributed by atoms with Gasteiger partial charge < -0.3 is 9.80 Å². The van der Waals surface area contributed by atoms with Crippen LogP contribution < -0.4 is 9.80 Å². The molecule has 3 heterocycles.